The molecule has 0 amide bonds. The maximum absolute atomic E-state index is 3.36. The summed E-state index contributed by atoms with van der Waals surface area (Å²) in [5.41, 5.74) is 3.98. The number of anilines is 2. The van der Waals surface area contributed by atoms with Gasteiger partial charge in [-0.2, -0.15) is 0 Å². The Morgan fingerprint density at radius 1 is 1.31 bits per heavy atom. The molecule has 0 saturated carbocycles. The lowest BCUT2D eigenvalue weighted by Gasteiger charge is -2.09. The molecule has 1 heterocycles. The quantitative estimate of drug-likeness (QED) is 0.724. The van der Waals surface area contributed by atoms with Gasteiger partial charge in [0.25, 0.3) is 0 Å². The third-order valence-electron chi connectivity index (χ3n) is 2.32. The van der Waals surface area contributed by atoms with Crippen molar-refractivity contribution in [1.29, 1.82) is 0 Å². The van der Waals surface area contributed by atoms with Crippen molar-refractivity contribution in [2.24, 2.45) is 5.92 Å². The van der Waals surface area contributed by atoms with Crippen molar-refractivity contribution in [3.8, 4) is 0 Å². The van der Waals surface area contributed by atoms with Crippen LogP contribution in [-0.4, -0.2) is 6.67 Å². The molecule has 2 rings (SSSR count). The Morgan fingerprint density at radius 3 is 2.92 bits per heavy atom. The van der Waals surface area contributed by atoms with Crippen LogP contribution in [0.15, 0.2) is 18.2 Å². The normalized spacial score (nSPS) is 13.8. The van der Waals surface area contributed by atoms with Gasteiger partial charge in [0.2, 0.25) is 0 Å². The van der Waals surface area contributed by atoms with Crippen molar-refractivity contribution in [2.75, 3.05) is 17.3 Å². The van der Waals surface area contributed by atoms with E-state index < -0.39 is 0 Å². The fraction of sp³-hybridized carbons (Fsp3) is 0.455. The van der Waals surface area contributed by atoms with Gasteiger partial charge in [-0.15, -0.1) is 0 Å². The molecule has 1 aliphatic rings. The summed E-state index contributed by atoms with van der Waals surface area (Å²) in [6.45, 7) is 5.37. The van der Waals surface area contributed by atoms with Crippen molar-refractivity contribution in [3.05, 3.63) is 23.8 Å². The minimum absolute atomic E-state index is 0.717. The van der Waals surface area contributed by atoms with Crippen LogP contribution in [0.3, 0.4) is 0 Å². The number of benzene rings is 1. The van der Waals surface area contributed by atoms with Crippen molar-refractivity contribution in [2.45, 2.75) is 20.3 Å². The summed E-state index contributed by atoms with van der Waals surface area (Å²) < 4.78 is 0. The van der Waals surface area contributed by atoms with Gasteiger partial charge >= 0.3 is 0 Å². The Hall–Kier alpha value is -1.18. The highest BCUT2D eigenvalue weighted by Gasteiger charge is 2.12. The third kappa shape index (κ3) is 1.62. The van der Waals surface area contributed by atoms with Crippen LogP contribution in [0.25, 0.3) is 0 Å². The molecule has 0 aromatic heterocycles. The molecule has 0 radical (unpaired) electrons. The SMILES string of the molecule is CC(C)Cc1cccc2c1NCN2. The first-order valence-corrected chi connectivity index (χ1v) is 4.87. The highest BCUT2D eigenvalue weighted by Crippen LogP contribution is 2.31. The second-order valence-corrected chi connectivity index (χ2v) is 3.97. The average molecular weight is 176 g/mol. The number of rotatable bonds is 2. The van der Waals surface area contributed by atoms with Gasteiger partial charge in [0.15, 0.2) is 0 Å². The van der Waals surface area contributed by atoms with Crippen LogP contribution >= 0.6 is 0 Å². The molecule has 0 fully saturated rings. The van der Waals surface area contributed by atoms with Gasteiger partial charge in [0.05, 0.1) is 18.0 Å². The summed E-state index contributed by atoms with van der Waals surface area (Å²) >= 11 is 0. The van der Waals surface area contributed by atoms with Gasteiger partial charge in [-0.3, -0.25) is 0 Å². The molecule has 70 valence electrons. The minimum atomic E-state index is 0.717. The zero-order valence-electron chi connectivity index (χ0n) is 8.22. The summed E-state index contributed by atoms with van der Waals surface area (Å²) in [6, 6.07) is 6.45. The zero-order chi connectivity index (χ0) is 9.26. The fourth-order valence-corrected chi connectivity index (χ4v) is 1.79. The number of hydrogen-bond donors (Lipinski definition) is 2. The van der Waals surface area contributed by atoms with E-state index in [1.54, 1.807) is 0 Å². The van der Waals surface area contributed by atoms with Gasteiger partial charge in [0, 0.05) is 0 Å². The Balaban J connectivity index is 2.30. The number of nitrogens with one attached hydrogen (secondary N) is 2. The van der Waals surface area contributed by atoms with E-state index in [1.807, 2.05) is 0 Å². The lowest BCUT2D eigenvalue weighted by Crippen LogP contribution is -2.01. The summed E-state index contributed by atoms with van der Waals surface area (Å²) in [5, 5.41) is 6.67. The van der Waals surface area contributed by atoms with Gasteiger partial charge < -0.3 is 10.6 Å². The second-order valence-electron chi connectivity index (χ2n) is 3.97. The summed E-state index contributed by atoms with van der Waals surface area (Å²) in [4.78, 5) is 0. The molecular formula is C11H16N2. The van der Waals surface area contributed by atoms with Crippen LogP contribution in [0.1, 0.15) is 19.4 Å². The molecule has 2 nitrogen and oxygen atoms in total. The molecule has 0 unspecified atom stereocenters. The molecular weight excluding hydrogens is 160 g/mol. The van der Waals surface area contributed by atoms with Crippen molar-refractivity contribution in [1.82, 2.24) is 0 Å². The van der Waals surface area contributed by atoms with E-state index in [0.717, 1.165) is 13.1 Å². The van der Waals surface area contributed by atoms with Crippen LogP contribution in [0.2, 0.25) is 0 Å². The summed E-state index contributed by atoms with van der Waals surface area (Å²) in [6.07, 6.45) is 1.15. The highest BCUT2D eigenvalue weighted by atomic mass is 15.1. The minimum Gasteiger partial charge on any atom is -0.366 e. The van der Waals surface area contributed by atoms with Gasteiger partial charge in [-0.05, 0) is 24.0 Å². The first kappa shape index (κ1) is 8.42. The van der Waals surface area contributed by atoms with Crippen LogP contribution in [0.5, 0.6) is 0 Å². The Kier molecular flexibility index (Phi) is 2.13. The molecule has 0 atom stereocenters. The topological polar surface area (TPSA) is 24.1 Å². The summed E-state index contributed by atoms with van der Waals surface area (Å²) in [7, 11) is 0. The van der Waals surface area contributed by atoms with E-state index in [1.165, 1.54) is 16.9 Å². The molecule has 0 bridgehead atoms. The monoisotopic (exact) mass is 176 g/mol. The van der Waals surface area contributed by atoms with Crippen LogP contribution in [-0.2, 0) is 6.42 Å². The first-order chi connectivity index (χ1) is 6.27. The molecule has 0 saturated heterocycles. The maximum Gasteiger partial charge on any atom is 0.0850 e. The molecule has 1 aliphatic heterocycles. The van der Waals surface area contributed by atoms with Gasteiger partial charge in [-0.1, -0.05) is 26.0 Å². The molecule has 1 aromatic carbocycles. The number of para-hydroxylation sites is 1. The molecule has 1 aromatic rings. The lowest BCUT2D eigenvalue weighted by molar-refractivity contribution is 0.648. The highest BCUT2D eigenvalue weighted by molar-refractivity contribution is 5.76. The molecule has 0 aliphatic carbocycles. The second kappa shape index (κ2) is 3.29. The summed E-state index contributed by atoms with van der Waals surface area (Å²) in [5.74, 6) is 0.717. The number of fused-ring (bicyclic) bond motifs is 1. The van der Waals surface area contributed by atoms with E-state index in [-0.39, 0.29) is 0 Å². The predicted molar refractivity (Wildman–Crippen MR) is 57.1 cm³/mol. The van der Waals surface area contributed by atoms with Crippen LogP contribution in [0.4, 0.5) is 11.4 Å². The standard InChI is InChI=1S/C11H16N2/c1-8(2)6-9-4-3-5-10-11(9)13-7-12-10/h3-5,8,12-13H,6-7H2,1-2H3. The lowest BCUT2D eigenvalue weighted by atomic mass is 10.0. The average Bonchev–Trinajstić information content (AvgIpc) is 2.51. The fourth-order valence-electron chi connectivity index (χ4n) is 1.79. The molecule has 0 spiro atoms. The van der Waals surface area contributed by atoms with Crippen molar-refractivity contribution in [3.63, 3.8) is 0 Å². The van der Waals surface area contributed by atoms with Crippen molar-refractivity contribution < 1.29 is 0 Å². The van der Waals surface area contributed by atoms with E-state index in [9.17, 15) is 0 Å². The van der Waals surface area contributed by atoms with E-state index in [2.05, 4.69) is 42.7 Å². The zero-order valence-corrected chi connectivity index (χ0v) is 8.22. The Labute approximate surface area is 79.4 Å². The van der Waals surface area contributed by atoms with Crippen molar-refractivity contribution >= 4 is 11.4 Å². The Morgan fingerprint density at radius 2 is 2.15 bits per heavy atom. The molecule has 2 N–H and O–H groups in total. The van der Waals surface area contributed by atoms with E-state index in [0.29, 0.717) is 5.92 Å². The number of hydrogen-bond acceptors (Lipinski definition) is 2. The van der Waals surface area contributed by atoms with Crippen LogP contribution in [0, 0.1) is 5.92 Å². The smallest absolute Gasteiger partial charge is 0.0850 e. The third-order valence-corrected chi connectivity index (χ3v) is 2.32. The first-order valence-electron chi connectivity index (χ1n) is 4.87. The molecule has 13 heavy (non-hydrogen) atoms. The Bertz CT molecular complexity index is 305. The van der Waals surface area contributed by atoms with E-state index in [4.69, 9.17) is 0 Å². The maximum atomic E-state index is 3.36. The predicted octanol–water partition coefficient (Wildman–Crippen LogP) is 2.68. The largest absolute Gasteiger partial charge is 0.366 e. The van der Waals surface area contributed by atoms with Crippen LogP contribution < -0.4 is 10.6 Å². The van der Waals surface area contributed by atoms with E-state index >= 15 is 0 Å². The van der Waals surface area contributed by atoms with Gasteiger partial charge in [0.1, 0.15) is 0 Å². The van der Waals surface area contributed by atoms with Gasteiger partial charge in [-0.25, -0.2) is 0 Å². The molecule has 2 heteroatoms.